The molecule has 0 bridgehead atoms. The molecule has 5 heteroatoms. The van der Waals surface area contributed by atoms with Crippen LogP contribution in [0.1, 0.15) is 44.0 Å². The lowest BCUT2D eigenvalue weighted by molar-refractivity contribution is 0.286. The number of nitrogens with zero attached hydrogens (tertiary/aromatic N) is 2. The molecule has 0 amide bonds. The predicted molar refractivity (Wildman–Crippen MR) is 75.2 cm³/mol. The lowest BCUT2D eigenvalue weighted by Crippen LogP contribution is -2.11. The zero-order chi connectivity index (χ0) is 13.5. The second-order valence-electron chi connectivity index (χ2n) is 4.67. The monoisotopic (exact) mass is 252 g/mol. The van der Waals surface area contributed by atoms with E-state index < -0.39 is 0 Å². The third-order valence-electron chi connectivity index (χ3n) is 2.79. The Morgan fingerprint density at radius 3 is 2.39 bits per heavy atom. The number of anilines is 2. The molecule has 0 saturated heterocycles. The molecule has 1 aromatic rings. The van der Waals surface area contributed by atoms with Gasteiger partial charge in [0.2, 0.25) is 0 Å². The van der Waals surface area contributed by atoms with Gasteiger partial charge in [0.15, 0.2) is 0 Å². The highest BCUT2D eigenvalue weighted by atomic mass is 16.2. The molecule has 1 rings (SSSR count). The molecular formula is C13H24N4O. The van der Waals surface area contributed by atoms with Gasteiger partial charge in [0.25, 0.3) is 0 Å². The third-order valence-corrected chi connectivity index (χ3v) is 2.79. The Morgan fingerprint density at radius 2 is 1.83 bits per heavy atom. The summed E-state index contributed by atoms with van der Waals surface area (Å²) in [5.41, 5.74) is 1.03. The Morgan fingerprint density at radius 1 is 1.17 bits per heavy atom. The van der Waals surface area contributed by atoms with Crippen LogP contribution in [0.2, 0.25) is 0 Å². The van der Waals surface area contributed by atoms with Crippen LogP contribution in [-0.4, -0.2) is 35.3 Å². The number of unbranched alkanes of at least 4 members (excludes halogenated alkanes) is 1. The van der Waals surface area contributed by atoms with Crippen molar-refractivity contribution < 1.29 is 5.11 Å². The largest absolute Gasteiger partial charge is 0.396 e. The first-order valence-corrected chi connectivity index (χ1v) is 6.51. The van der Waals surface area contributed by atoms with E-state index in [0.717, 1.165) is 42.4 Å². The summed E-state index contributed by atoms with van der Waals surface area (Å²) in [5, 5.41) is 15.2. The third kappa shape index (κ3) is 3.84. The molecule has 0 aliphatic carbocycles. The number of aliphatic hydroxyl groups excluding tert-OH is 1. The summed E-state index contributed by atoms with van der Waals surface area (Å²) in [7, 11) is 1.87. The van der Waals surface area contributed by atoms with Crippen molar-refractivity contribution in [2.24, 2.45) is 0 Å². The van der Waals surface area contributed by atoms with E-state index >= 15 is 0 Å². The van der Waals surface area contributed by atoms with Gasteiger partial charge in [0, 0.05) is 31.7 Å². The molecule has 0 fully saturated rings. The van der Waals surface area contributed by atoms with E-state index in [2.05, 4.69) is 34.4 Å². The van der Waals surface area contributed by atoms with Crippen LogP contribution in [0.15, 0.2) is 0 Å². The fraction of sp³-hybridized carbons (Fsp3) is 0.692. The van der Waals surface area contributed by atoms with Crippen LogP contribution in [0.5, 0.6) is 0 Å². The minimum atomic E-state index is 0.240. The van der Waals surface area contributed by atoms with Crippen LogP contribution in [0.4, 0.5) is 11.6 Å². The van der Waals surface area contributed by atoms with Crippen molar-refractivity contribution in [2.45, 2.75) is 39.5 Å². The van der Waals surface area contributed by atoms with Crippen molar-refractivity contribution in [3.05, 3.63) is 11.4 Å². The number of nitrogens with one attached hydrogen (secondary N) is 2. The fourth-order valence-corrected chi connectivity index (χ4v) is 1.65. The van der Waals surface area contributed by atoms with Gasteiger partial charge in [-0.25, -0.2) is 9.97 Å². The quantitative estimate of drug-likeness (QED) is 0.649. The smallest absolute Gasteiger partial charge is 0.135 e. The number of hydrogen-bond acceptors (Lipinski definition) is 5. The molecule has 5 nitrogen and oxygen atoms in total. The number of hydrogen-bond donors (Lipinski definition) is 3. The first-order valence-electron chi connectivity index (χ1n) is 6.51. The van der Waals surface area contributed by atoms with E-state index in [1.165, 1.54) is 0 Å². The van der Waals surface area contributed by atoms with Gasteiger partial charge in [-0.05, 0) is 19.8 Å². The van der Waals surface area contributed by atoms with Gasteiger partial charge in [-0.1, -0.05) is 13.8 Å². The Bertz CT molecular complexity index is 379. The topological polar surface area (TPSA) is 70.1 Å². The molecule has 0 aliphatic heterocycles. The molecule has 0 spiro atoms. The maximum absolute atomic E-state index is 8.75. The van der Waals surface area contributed by atoms with Crippen molar-refractivity contribution in [3.8, 4) is 0 Å². The standard InChI is InChI=1S/C13H24N4O/c1-9(2)11-16-12(14-4)10(3)13(17-11)15-7-5-6-8-18/h9,18H,5-8H2,1-4H3,(H2,14,15,16,17). The average Bonchev–Trinajstić information content (AvgIpc) is 2.36. The molecule has 0 unspecified atom stereocenters. The van der Waals surface area contributed by atoms with Crippen LogP contribution in [0.3, 0.4) is 0 Å². The molecule has 18 heavy (non-hydrogen) atoms. The van der Waals surface area contributed by atoms with Gasteiger partial charge in [0.05, 0.1) is 0 Å². The van der Waals surface area contributed by atoms with Gasteiger partial charge in [-0.2, -0.15) is 0 Å². The molecule has 1 heterocycles. The normalized spacial score (nSPS) is 10.8. The lowest BCUT2D eigenvalue weighted by Gasteiger charge is -2.15. The highest BCUT2D eigenvalue weighted by molar-refractivity contribution is 5.57. The van der Waals surface area contributed by atoms with E-state index in [1.807, 2.05) is 14.0 Å². The van der Waals surface area contributed by atoms with E-state index in [-0.39, 0.29) is 6.61 Å². The van der Waals surface area contributed by atoms with Crippen molar-refractivity contribution in [2.75, 3.05) is 30.8 Å². The summed E-state index contributed by atoms with van der Waals surface area (Å²) in [6.45, 7) is 7.23. The lowest BCUT2D eigenvalue weighted by atomic mass is 10.2. The molecule has 1 aromatic heterocycles. The molecule has 3 N–H and O–H groups in total. The second kappa shape index (κ2) is 7.16. The summed E-state index contributed by atoms with van der Waals surface area (Å²) < 4.78 is 0. The zero-order valence-corrected chi connectivity index (χ0v) is 11.7. The van der Waals surface area contributed by atoms with Gasteiger partial charge >= 0.3 is 0 Å². The highest BCUT2D eigenvalue weighted by Gasteiger charge is 2.11. The van der Waals surface area contributed by atoms with Crippen LogP contribution in [-0.2, 0) is 0 Å². The maximum Gasteiger partial charge on any atom is 0.135 e. The maximum atomic E-state index is 8.75. The number of aliphatic hydroxyl groups is 1. The average molecular weight is 252 g/mol. The first kappa shape index (κ1) is 14.7. The summed E-state index contributed by atoms with van der Waals surface area (Å²) in [4.78, 5) is 9.05. The van der Waals surface area contributed by atoms with Gasteiger partial charge in [-0.15, -0.1) is 0 Å². The van der Waals surface area contributed by atoms with Crippen molar-refractivity contribution in [1.82, 2.24) is 9.97 Å². The van der Waals surface area contributed by atoms with Gasteiger partial charge in [-0.3, -0.25) is 0 Å². The summed E-state index contributed by atoms with van der Waals surface area (Å²) in [6, 6.07) is 0. The van der Waals surface area contributed by atoms with E-state index in [4.69, 9.17) is 5.11 Å². The van der Waals surface area contributed by atoms with Crippen LogP contribution in [0, 0.1) is 6.92 Å². The SMILES string of the molecule is CNc1nc(C(C)C)nc(NCCCCO)c1C. The van der Waals surface area contributed by atoms with Crippen LogP contribution < -0.4 is 10.6 Å². The van der Waals surface area contributed by atoms with E-state index in [9.17, 15) is 0 Å². The second-order valence-corrected chi connectivity index (χ2v) is 4.67. The Labute approximate surface area is 109 Å². The first-order chi connectivity index (χ1) is 8.60. The Balaban J connectivity index is 2.84. The number of aromatic nitrogens is 2. The van der Waals surface area contributed by atoms with Crippen LogP contribution in [0.25, 0.3) is 0 Å². The fourth-order valence-electron chi connectivity index (χ4n) is 1.65. The molecule has 0 aliphatic rings. The molecule has 0 aromatic carbocycles. The molecule has 0 radical (unpaired) electrons. The Hall–Kier alpha value is -1.36. The van der Waals surface area contributed by atoms with Crippen molar-refractivity contribution >= 4 is 11.6 Å². The van der Waals surface area contributed by atoms with Gasteiger partial charge < -0.3 is 15.7 Å². The summed E-state index contributed by atoms with van der Waals surface area (Å²) in [5.74, 6) is 2.90. The van der Waals surface area contributed by atoms with Gasteiger partial charge in [0.1, 0.15) is 17.5 Å². The molecule has 102 valence electrons. The van der Waals surface area contributed by atoms with Crippen molar-refractivity contribution in [1.29, 1.82) is 0 Å². The molecular weight excluding hydrogens is 228 g/mol. The van der Waals surface area contributed by atoms with E-state index in [0.29, 0.717) is 5.92 Å². The Kier molecular flexibility index (Phi) is 5.85. The summed E-state index contributed by atoms with van der Waals surface area (Å²) >= 11 is 0. The minimum Gasteiger partial charge on any atom is -0.396 e. The highest BCUT2D eigenvalue weighted by Crippen LogP contribution is 2.22. The number of rotatable bonds is 7. The predicted octanol–water partition coefficient (Wildman–Crippen LogP) is 2.13. The van der Waals surface area contributed by atoms with Crippen molar-refractivity contribution in [3.63, 3.8) is 0 Å². The molecule has 0 saturated carbocycles. The summed E-state index contributed by atoms with van der Waals surface area (Å²) in [6.07, 6.45) is 1.75. The minimum absolute atomic E-state index is 0.240. The van der Waals surface area contributed by atoms with Crippen LogP contribution >= 0.6 is 0 Å². The zero-order valence-electron chi connectivity index (χ0n) is 11.7. The van der Waals surface area contributed by atoms with E-state index in [1.54, 1.807) is 0 Å². The molecule has 0 atom stereocenters.